The van der Waals surface area contributed by atoms with E-state index in [1.807, 2.05) is 11.3 Å². The zero-order valence-corrected chi connectivity index (χ0v) is 13.3. The Kier molecular flexibility index (Phi) is 6.90. The van der Waals surface area contributed by atoms with Crippen LogP contribution in [0, 0.1) is 0 Å². The molecule has 1 aromatic heterocycles. The number of hydrogen-bond acceptors (Lipinski definition) is 3. The van der Waals surface area contributed by atoms with Crippen molar-refractivity contribution in [3.63, 3.8) is 0 Å². The summed E-state index contributed by atoms with van der Waals surface area (Å²) >= 11 is 1.94. The molecule has 0 aliphatic heterocycles. The van der Waals surface area contributed by atoms with E-state index in [2.05, 4.69) is 57.0 Å². The fourth-order valence-corrected chi connectivity index (χ4v) is 2.94. The summed E-state index contributed by atoms with van der Waals surface area (Å²) in [5, 5.41) is 3.47. The molecule has 0 radical (unpaired) electrons. The topological polar surface area (TPSA) is 15.3 Å². The monoisotopic (exact) mass is 268 g/mol. The van der Waals surface area contributed by atoms with Crippen molar-refractivity contribution in [2.75, 3.05) is 6.54 Å². The van der Waals surface area contributed by atoms with Crippen molar-refractivity contribution in [2.45, 2.75) is 66.2 Å². The van der Waals surface area contributed by atoms with Crippen molar-refractivity contribution in [3.05, 3.63) is 21.9 Å². The van der Waals surface area contributed by atoms with Gasteiger partial charge in [-0.15, -0.1) is 11.3 Å². The summed E-state index contributed by atoms with van der Waals surface area (Å²) in [6.07, 6.45) is 1.22. The molecule has 0 amide bonds. The van der Waals surface area contributed by atoms with Crippen molar-refractivity contribution in [1.82, 2.24) is 10.2 Å². The van der Waals surface area contributed by atoms with Crippen LogP contribution < -0.4 is 5.32 Å². The molecule has 1 N–H and O–H groups in total. The van der Waals surface area contributed by atoms with Crippen LogP contribution in [0.4, 0.5) is 0 Å². The van der Waals surface area contributed by atoms with Crippen LogP contribution >= 0.6 is 11.3 Å². The van der Waals surface area contributed by atoms with Gasteiger partial charge in [0, 0.05) is 34.9 Å². The molecule has 0 bridgehead atoms. The van der Waals surface area contributed by atoms with Crippen molar-refractivity contribution in [1.29, 1.82) is 0 Å². The fourth-order valence-electron chi connectivity index (χ4n) is 1.94. The Hall–Kier alpha value is -0.380. The highest BCUT2D eigenvalue weighted by molar-refractivity contribution is 7.11. The largest absolute Gasteiger partial charge is 0.310 e. The van der Waals surface area contributed by atoms with Crippen LogP contribution in [0.3, 0.4) is 0 Å². The second-order valence-electron chi connectivity index (χ2n) is 5.22. The third-order valence-electron chi connectivity index (χ3n) is 3.38. The summed E-state index contributed by atoms with van der Waals surface area (Å²) in [5.41, 5.74) is 0. The summed E-state index contributed by atoms with van der Waals surface area (Å²) in [4.78, 5) is 5.47. The molecule has 18 heavy (non-hydrogen) atoms. The highest BCUT2D eigenvalue weighted by Crippen LogP contribution is 2.20. The summed E-state index contributed by atoms with van der Waals surface area (Å²) < 4.78 is 0. The van der Waals surface area contributed by atoms with Crippen LogP contribution in [-0.2, 0) is 13.1 Å². The van der Waals surface area contributed by atoms with Gasteiger partial charge < -0.3 is 5.32 Å². The van der Waals surface area contributed by atoms with Gasteiger partial charge in [-0.2, -0.15) is 0 Å². The maximum atomic E-state index is 3.47. The van der Waals surface area contributed by atoms with E-state index >= 15 is 0 Å². The molecule has 104 valence electrons. The lowest BCUT2D eigenvalue weighted by Gasteiger charge is -2.26. The third kappa shape index (κ3) is 5.09. The van der Waals surface area contributed by atoms with E-state index in [4.69, 9.17) is 0 Å². The zero-order chi connectivity index (χ0) is 13.5. The molecule has 2 nitrogen and oxygen atoms in total. The van der Waals surface area contributed by atoms with Gasteiger partial charge in [0.1, 0.15) is 0 Å². The molecule has 0 aliphatic carbocycles. The van der Waals surface area contributed by atoms with Crippen LogP contribution in [0.5, 0.6) is 0 Å². The van der Waals surface area contributed by atoms with Gasteiger partial charge in [0.15, 0.2) is 0 Å². The third-order valence-corrected chi connectivity index (χ3v) is 4.45. The number of nitrogens with one attached hydrogen (secondary N) is 1. The SMILES string of the molecule is CCC(C)N(CC)Cc1ccc(CNC(C)C)s1. The molecule has 1 unspecified atom stereocenters. The molecule has 0 aliphatic rings. The Morgan fingerprint density at radius 1 is 1.17 bits per heavy atom. The van der Waals surface area contributed by atoms with Gasteiger partial charge in [-0.3, -0.25) is 4.90 Å². The molecule has 1 rings (SSSR count). The first kappa shape index (κ1) is 15.7. The normalized spacial score (nSPS) is 13.5. The summed E-state index contributed by atoms with van der Waals surface area (Å²) in [5.74, 6) is 0. The Labute approximate surface area is 116 Å². The first-order valence-electron chi connectivity index (χ1n) is 7.11. The fraction of sp³-hybridized carbons (Fsp3) is 0.733. The van der Waals surface area contributed by atoms with Gasteiger partial charge in [0.25, 0.3) is 0 Å². The molecular formula is C15H28N2S. The van der Waals surface area contributed by atoms with E-state index in [-0.39, 0.29) is 0 Å². The van der Waals surface area contributed by atoms with Crippen molar-refractivity contribution >= 4 is 11.3 Å². The lowest BCUT2D eigenvalue weighted by molar-refractivity contribution is 0.208. The highest BCUT2D eigenvalue weighted by Gasteiger charge is 2.11. The predicted octanol–water partition coefficient (Wildman–Crippen LogP) is 3.87. The van der Waals surface area contributed by atoms with Crippen molar-refractivity contribution in [2.24, 2.45) is 0 Å². The quantitative estimate of drug-likeness (QED) is 0.770. The van der Waals surface area contributed by atoms with Crippen LogP contribution in [0.25, 0.3) is 0 Å². The number of nitrogens with zero attached hydrogens (tertiary/aromatic N) is 1. The van der Waals surface area contributed by atoms with Gasteiger partial charge in [0.05, 0.1) is 0 Å². The van der Waals surface area contributed by atoms with E-state index in [9.17, 15) is 0 Å². The standard InChI is InChI=1S/C15H28N2S/c1-6-13(5)17(7-2)11-15-9-8-14(18-15)10-16-12(3)4/h8-9,12-13,16H,6-7,10-11H2,1-5H3. The van der Waals surface area contributed by atoms with E-state index < -0.39 is 0 Å². The molecule has 3 heteroatoms. The minimum Gasteiger partial charge on any atom is -0.310 e. The predicted molar refractivity (Wildman–Crippen MR) is 82.1 cm³/mol. The number of hydrogen-bond donors (Lipinski definition) is 1. The molecule has 0 spiro atoms. The van der Waals surface area contributed by atoms with Gasteiger partial charge in [-0.1, -0.05) is 27.7 Å². The number of rotatable bonds is 8. The van der Waals surface area contributed by atoms with Crippen LogP contribution in [-0.4, -0.2) is 23.5 Å². The lowest BCUT2D eigenvalue weighted by atomic mass is 10.2. The zero-order valence-electron chi connectivity index (χ0n) is 12.5. The molecule has 0 saturated carbocycles. The smallest absolute Gasteiger partial charge is 0.0330 e. The van der Waals surface area contributed by atoms with Crippen LogP contribution in [0.1, 0.15) is 50.8 Å². The van der Waals surface area contributed by atoms with Crippen molar-refractivity contribution in [3.8, 4) is 0 Å². The maximum absolute atomic E-state index is 3.47. The molecule has 1 atom stereocenters. The minimum atomic E-state index is 0.558. The van der Waals surface area contributed by atoms with Crippen LogP contribution in [0.2, 0.25) is 0 Å². The Morgan fingerprint density at radius 3 is 2.39 bits per heavy atom. The Bertz CT molecular complexity index is 333. The maximum Gasteiger partial charge on any atom is 0.0330 e. The van der Waals surface area contributed by atoms with Gasteiger partial charge in [-0.25, -0.2) is 0 Å². The second kappa shape index (κ2) is 7.93. The molecule has 1 aromatic rings. The van der Waals surface area contributed by atoms with E-state index in [0.717, 1.165) is 19.6 Å². The van der Waals surface area contributed by atoms with E-state index in [1.54, 1.807) is 0 Å². The lowest BCUT2D eigenvalue weighted by Crippen LogP contribution is -2.31. The van der Waals surface area contributed by atoms with E-state index in [1.165, 1.54) is 16.2 Å². The molecular weight excluding hydrogens is 240 g/mol. The van der Waals surface area contributed by atoms with Crippen LogP contribution in [0.15, 0.2) is 12.1 Å². The molecule has 0 fully saturated rings. The molecule has 1 heterocycles. The summed E-state index contributed by atoms with van der Waals surface area (Å²) in [7, 11) is 0. The summed E-state index contributed by atoms with van der Waals surface area (Å²) in [6.45, 7) is 14.4. The average molecular weight is 268 g/mol. The van der Waals surface area contributed by atoms with E-state index in [0.29, 0.717) is 12.1 Å². The summed E-state index contributed by atoms with van der Waals surface area (Å²) in [6, 6.07) is 5.78. The van der Waals surface area contributed by atoms with Gasteiger partial charge >= 0.3 is 0 Å². The highest BCUT2D eigenvalue weighted by atomic mass is 32.1. The Balaban J connectivity index is 2.51. The average Bonchev–Trinajstić information content (AvgIpc) is 2.80. The van der Waals surface area contributed by atoms with Gasteiger partial charge in [-0.05, 0) is 32.0 Å². The first-order chi connectivity index (χ1) is 8.56. The minimum absolute atomic E-state index is 0.558. The number of thiophene rings is 1. The Morgan fingerprint density at radius 2 is 1.83 bits per heavy atom. The first-order valence-corrected chi connectivity index (χ1v) is 7.93. The molecule has 0 aromatic carbocycles. The van der Waals surface area contributed by atoms with Crippen molar-refractivity contribution < 1.29 is 0 Å². The molecule has 0 saturated heterocycles. The second-order valence-corrected chi connectivity index (χ2v) is 6.48. The van der Waals surface area contributed by atoms with Gasteiger partial charge in [0.2, 0.25) is 0 Å².